The first-order valence-corrected chi connectivity index (χ1v) is 10.5. The highest BCUT2D eigenvalue weighted by Crippen LogP contribution is 2.42. The molecule has 0 aliphatic carbocycles. The molecule has 4 aromatic rings. The lowest BCUT2D eigenvalue weighted by Crippen LogP contribution is -2.31. The number of carbonyl (C=O) groups is 2. The Balaban J connectivity index is 1.64. The van der Waals surface area contributed by atoms with E-state index < -0.39 is 23.5 Å². The average molecular weight is 456 g/mol. The summed E-state index contributed by atoms with van der Waals surface area (Å²) in [5.74, 6) is -0.870. The number of hydrogen-bond acceptors (Lipinski definition) is 7. The van der Waals surface area contributed by atoms with Gasteiger partial charge >= 0.3 is 0 Å². The fourth-order valence-electron chi connectivity index (χ4n) is 4.14. The molecule has 1 unspecified atom stereocenters. The number of hydrogen-bond donors (Lipinski definition) is 1. The lowest BCUT2D eigenvalue weighted by Gasteiger charge is -2.26. The minimum atomic E-state index is -0.905. The number of pyridine rings is 1. The van der Waals surface area contributed by atoms with E-state index in [-0.39, 0.29) is 11.3 Å². The molecule has 1 aliphatic heterocycles. The summed E-state index contributed by atoms with van der Waals surface area (Å²) in [6, 6.07) is 16.2. The number of furan rings is 1. The Morgan fingerprint density at radius 3 is 2.53 bits per heavy atom. The Labute approximate surface area is 194 Å². The molecule has 2 aromatic heterocycles. The van der Waals surface area contributed by atoms with Crippen LogP contribution in [0.1, 0.15) is 22.2 Å². The molecule has 1 atom stereocenters. The molecular weight excluding hydrogens is 436 g/mol. The maximum Gasteiger partial charge on any atom is 0.294 e. The number of methoxy groups -OCH3 is 2. The topological polar surface area (TPSA) is 102 Å². The predicted octanol–water partition coefficient (Wildman–Crippen LogP) is 4.63. The highest BCUT2D eigenvalue weighted by atomic mass is 16.5. The molecule has 3 heterocycles. The number of anilines is 1. The van der Waals surface area contributed by atoms with Crippen LogP contribution in [-0.4, -0.2) is 36.0 Å². The molecule has 0 saturated heterocycles. The number of aromatic nitrogens is 1. The van der Waals surface area contributed by atoms with Crippen LogP contribution in [0.2, 0.25) is 0 Å². The molecule has 0 fully saturated rings. The van der Waals surface area contributed by atoms with Crippen molar-refractivity contribution in [3.8, 4) is 11.5 Å². The number of benzene rings is 2. The molecule has 170 valence electrons. The third-order valence-electron chi connectivity index (χ3n) is 5.76. The van der Waals surface area contributed by atoms with Crippen molar-refractivity contribution in [3.05, 3.63) is 95.7 Å². The van der Waals surface area contributed by atoms with Gasteiger partial charge in [0.1, 0.15) is 5.75 Å². The zero-order chi connectivity index (χ0) is 23.8. The number of fused-ring (bicyclic) bond motifs is 1. The third-order valence-corrected chi connectivity index (χ3v) is 5.76. The maximum atomic E-state index is 13.7. The highest BCUT2D eigenvalue weighted by molar-refractivity contribution is 6.20. The van der Waals surface area contributed by atoms with Gasteiger partial charge in [-0.1, -0.05) is 18.2 Å². The van der Waals surface area contributed by atoms with Crippen molar-refractivity contribution in [2.45, 2.75) is 6.04 Å². The van der Waals surface area contributed by atoms with Crippen molar-refractivity contribution in [2.75, 3.05) is 19.1 Å². The molecule has 0 spiro atoms. The van der Waals surface area contributed by atoms with E-state index in [0.29, 0.717) is 33.7 Å². The van der Waals surface area contributed by atoms with Crippen LogP contribution in [0.4, 0.5) is 5.69 Å². The van der Waals surface area contributed by atoms with E-state index in [0.717, 1.165) is 0 Å². The molecule has 8 nitrogen and oxygen atoms in total. The molecule has 1 aliphatic rings. The van der Waals surface area contributed by atoms with Gasteiger partial charge in [0.05, 0.1) is 25.8 Å². The van der Waals surface area contributed by atoms with Crippen molar-refractivity contribution < 1.29 is 28.6 Å². The van der Waals surface area contributed by atoms with Crippen LogP contribution in [0.25, 0.3) is 11.0 Å². The first-order chi connectivity index (χ1) is 16.5. The van der Waals surface area contributed by atoms with E-state index >= 15 is 0 Å². The van der Waals surface area contributed by atoms with Crippen LogP contribution >= 0.6 is 0 Å². The molecule has 34 heavy (non-hydrogen) atoms. The van der Waals surface area contributed by atoms with Crippen LogP contribution in [0.3, 0.4) is 0 Å². The van der Waals surface area contributed by atoms with E-state index in [1.165, 1.54) is 12.0 Å². The standard InChI is InChI=1S/C26H20N2O6/c1-32-18-10-8-17(9-11-18)28-22(16-6-4-12-27-14-16)21(24(30)26(28)31)23(29)20-13-15-5-3-7-19(33-2)25(15)34-20/h3-14,22,30H,1-2H3. The van der Waals surface area contributed by atoms with Crippen molar-refractivity contribution in [1.82, 2.24) is 4.98 Å². The molecule has 5 rings (SSSR count). The number of ether oxygens (including phenoxy) is 2. The second-order valence-corrected chi connectivity index (χ2v) is 7.64. The second kappa shape index (κ2) is 8.40. The van der Waals surface area contributed by atoms with E-state index in [1.807, 2.05) is 0 Å². The SMILES string of the molecule is COc1ccc(N2C(=O)C(O)=C(C(=O)c3cc4cccc(OC)c4o3)C2c2cccnc2)cc1. The zero-order valence-electron chi connectivity index (χ0n) is 18.4. The summed E-state index contributed by atoms with van der Waals surface area (Å²) < 4.78 is 16.3. The molecule has 8 heteroatoms. The van der Waals surface area contributed by atoms with Gasteiger partial charge in [-0.15, -0.1) is 0 Å². The van der Waals surface area contributed by atoms with E-state index in [9.17, 15) is 14.7 Å². The minimum absolute atomic E-state index is 0.0145. The smallest absolute Gasteiger partial charge is 0.294 e. The van der Waals surface area contributed by atoms with Crippen LogP contribution in [0.5, 0.6) is 11.5 Å². The van der Waals surface area contributed by atoms with Crippen molar-refractivity contribution >= 4 is 28.3 Å². The van der Waals surface area contributed by atoms with Crippen LogP contribution in [0.15, 0.2) is 88.8 Å². The Morgan fingerprint density at radius 2 is 1.85 bits per heavy atom. The van der Waals surface area contributed by atoms with Gasteiger partial charge in [0, 0.05) is 23.5 Å². The van der Waals surface area contributed by atoms with Gasteiger partial charge < -0.3 is 19.0 Å². The fourth-order valence-corrected chi connectivity index (χ4v) is 4.14. The lowest BCUT2D eigenvalue weighted by atomic mass is 9.96. The van der Waals surface area contributed by atoms with Crippen LogP contribution < -0.4 is 14.4 Å². The number of rotatable bonds is 6. The minimum Gasteiger partial charge on any atom is -0.503 e. The summed E-state index contributed by atoms with van der Waals surface area (Å²) in [5, 5.41) is 11.5. The summed E-state index contributed by atoms with van der Waals surface area (Å²) in [4.78, 5) is 32.4. The number of nitrogens with zero attached hydrogens (tertiary/aromatic N) is 2. The van der Waals surface area contributed by atoms with Gasteiger partial charge in [-0.2, -0.15) is 0 Å². The number of aliphatic hydroxyl groups excluding tert-OH is 1. The fraction of sp³-hybridized carbons (Fsp3) is 0.115. The molecule has 0 saturated carbocycles. The summed E-state index contributed by atoms with van der Waals surface area (Å²) in [6.07, 6.45) is 3.15. The zero-order valence-corrected chi connectivity index (χ0v) is 18.4. The number of aliphatic hydroxyl groups is 1. The molecule has 1 N–H and O–H groups in total. The van der Waals surface area contributed by atoms with Gasteiger partial charge in [0.2, 0.25) is 5.78 Å². The Kier molecular flexibility index (Phi) is 5.25. The van der Waals surface area contributed by atoms with Crippen molar-refractivity contribution in [1.29, 1.82) is 0 Å². The number of amides is 1. The van der Waals surface area contributed by atoms with Crippen LogP contribution in [-0.2, 0) is 4.79 Å². The Morgan fingerprint density at radius 1 is 1.06 bits per heavy atom. The quantitative estimate of drug-likeness (QED) is 0.422. The largest absolute Gasteiger partial charge is 0.503 e. The van der Waals surface area contributed by atoms with Gasteiger partial charge in [-0.3, -0.25) is 19.5 Å². The first kappa shape index (κ1) is 21.3. The molecule has 0 bridgehead atoms. The summed E-state index contributed by atoms with van der Waals surface area (Å²) >= 11 is 0. The lowest BCUT2D eigenvalue weighted by molar-refractivity contribution is -0.117. The van der Waals surface area contributed by atoms with Gasteiger partial charge in [0.15, 0.2) is 22.9 Å². The predicted molar refractivity (Wildman–Crippen MR) is 124 cm³/mol. The molecular formula is C26H20N2O6. The highest BCUT2D eigenvalue weighted by Gasteiger charge is 2.45. The normalized spacial score (nSPS) is 15.8. The maximum absolute atomic E-state index is 13.7. The Bertz CT molecular complexity index is 1420. The molecule has 2 aromatic carbocycles. The molecule has 0 radical (unpaired) electrons. The van der Waals surface area contributed by atoms with Crippen LogP contribution in [0, 0.1) is 0 Å². The number of Topliss-reactive ketones (excluding diaryl/α,β-unsaturated/α-hetero) is 1. The first-order valence-electron chi connectivity index (χ1n) is 10.5. The van der Waals surface area contributed by atoms with Gasteiger partial charge in [-0.25, -0.2) is 0 Å². The van der Waals surface area contributed by atoms with Gasteiger partial charge in [-0.05, 0) is 48.0 Å². The number of ketones is 1. The van der Waals surface area contributed by atoms with E-state index in [1.54, 1.807) is 80.2 Å². The van der Waals surface area contributed by atoms with Crippen molar-refractivity contribution in [3.63, 3.8) is 0 Å². The summed E-state index contributed by atoms with van der Waals surface area (Å²) in [5.41, 5.74) is 1.36. The average Bonchev–Trinajstić information content (AvgIpc) is 3.43. The van der Waals surface area contributed by atoms with E-state index in [4.69, 9.17) is 13.9 Å². The number of carbonyl (C=O) groups excluding carboxylic acids is 2. The third kappa shape index (κ3) is 3.36. The Hall–Kier alpha value is -4.59. The number of para-hydroxylation sites is 1. The van der Waals surface area contributed by atoms with Crippen molar-refractivity contribution in [2.24, 2.45) is 0 Å². The van der Waals surface area contributed by atoms with Gasteiger partial charge in [0.25, 0.3) is 5.91 Å². The monoisotopic (exact) mass is 456 g/mol. The molecule has 1 amide bonds. The second-order valence-electron chi connectivity index (χ2n) is 7.64. The summed E-state index contributed by atoms with van der Waals surface area (Å²) in [7, 11) is 3.05. The summed E-state index contributed by atoms with van der Waals surface area (Å²) in [6.45, 7) is 0. The van der Waals surface area contributed by atoms with E-state index in [2.05, 4.69) is 4.98 Å².